The molecule has 2 aliphatic rings. The molecule has 0 aromatic rings. The van der Waals surface area contributed by atoms with Gasteiger partial charge in [0, 0.05) is 28.9 Å². The average Bonchev–Trinajstić information content (AvgIpc) is 2.49. The largest absolute Gasteiger partial charge is 0.464 e. The lowest BCUT2D eigenvalue weighted by Gasteiger charge is -2.27. The zero-order chi connectivity index (χ0) is 15.4. The van der Waals surface area contributed by atoms with Crippen LogP contribution in [0.2, 0.25) is 0 Å². The number of ketones is 1. The Morgan fingerprint density at radius 1 is 1.52 bits per heavy atom. The Labute approximate surface area is 131 Å². The highest BCUT2D eigenvalue weighted by Crippen LogP contribution is 2.30. The molecule has 1 atom stereocenters. The minimum atomic E-state index is -0.464. The van der Waals surface area contributed by atoms with E-state index >= 15 is 0 Å². The van der Waals surface area contributed by atoms with E-state index in [0.29, 0.717) is 12.4 Å². The van der Waals surface area contributed by atoms with E-state index in [-0.39, 0.29) is 18.2 Å². The van der Waals surface area contributed by atoms with Crippen LogP contribution in [-0.4, -0.2) is 29.3 Å². The maximum Gasteiger partial charge on any atom is 0.328 e. The van der Waals surface area contributed by atoms with Crippen LogP contribution in [0, 0.1) is 0 Å². The van der Waals surface area contributed by atoms with Gasteiger partial charge < -0.3 is 14.4 Å². The molecular formula is C15H16BrNO4. The number of esters is 1. The van der Waals surface area contributed by atoms with Crippen molar-refractivity contribution in [2.24, 2.45) is 0 Å². The summed E-state index contributed by atoms with van der Waals surface area (Å²) >= 11 is 3.41. The normalized spacial score (nSPS) is 19.3. The monoisotopic (exact) mass is 353 g/mol. The molecule has 1 unspecified atom stereocenters. The zero-order valence-electron chi connectivity index (χ0n) is 11.8. The molecule has 0 saturated carbocycles. The molecule has 5 nitrogen and oxygen atoms in total. The van der Waals surface area contributed by atoms with Gasteiger partial charge in [-0.15, -0.1) is 0 Å². The molecule has 0 aromatic carbocycles. The molecule has 0 fully saturated rings. The smallest absolute Gasteiger partial charge is 0.328 e. The van der Waals surface area contributed by atoms with E-state index in [1.807, 2.05) is 0 Å². The molecule has 0 N–H and O–H groups in total. The fraction of sp³-hybridized carbons (Fsp3) is 0.333. The molecule has 0 bridgehead atoms. The number of halogens is 1. The van der Waals surface area contributed by atoms with Crippen LogP contribution < -0.4 is 0 Å². The number of rotatable bonds is 4. The summed E-state index contributed by atoms with van der Waals surface area (Å²) in [4.78, 5) is 25.0. The van der Waals surface area contributed by atoms with E-state index in [2.05, 4.69) is 15.9 Å². The molecular weight excluding hydrogens is 338 g/mol. The molecule has 0 amide bonds. The Balaban J connectivity index is 2.20. The lowest BCUT2D eigenvalue weighted by molar-refractivity contribution is -0.147. The van der Waals surface area contributed by atoms with Crippen molar-refractivity contribution in [3.63, 3.8) is 0 Å². The second-order valence-corrected chi connectivity index (χ2v) is 5.43. The maximum atomic E-state index is 11.8. The second kappa shape index (κ2) is 6.76. The first kappa shape index (κ1) is 15.6. The van der Waals surface area contributed by atoms with Gasteiger partial charge in [-0.3, -0.25) is 4.79 Å². The van der Waals surface area contributed by atoms with E-state index in [4.69, 9.17) is 9.47 Å². The van der Waals surface area contributed by atoms with Crippen LogP contribution in [0.5, 0.6) is 0 Å². The molecule has 1 heterocycles. The maximum absolute atomic E-state index is 11.8. The van der Waals surface area contributed by atoms with Crippen molar-refractivity contribution >= 4 is 27.7 Å². The number of nitrogens with zero attached hydrogens (tertiary/aromatic N) is 1. The van der Waals surface area contributed by atoms with Crippen LogP contribution in [-0.2, 0) is 19.1 Å². The third kappa shape index (κ3) is 3.64. The van der Waals surface area contributed by atoms with Gasteiger partial charge in [0.15, 0.2) is 5.78 Å². The van der Waals surface area contributed by atoms with Gasteiger partial charge in [0.1, 0.15) is 18.1 Å². The highest BCUT2D eigenvalue weighted by atomic mass is 79.9. The minimum absolute atomic E-state index is 0.0113. The average molecular weight is 354 g/mol. The number of ether oxygens (including phenoxy) is 2. The van der Waals surface area contributed by atoms with Crippen LogP contribution in [0.25, 0.3) is 0 Å². The Bertz CT molecular complexity index is 574. The standard InChI is InChI=1S/C15H16BrNO4/c1-3-20-15(19)10(2)17-6-7-21-14(9-17)12-8-11(18)4-5-13(12)16/h4-7,9-10H,3,8H2,1-2H3. The zero-order valence-corrected chi connectivity index (χ0v) is 13.4. The molecule has 2 rings (SSSR count). The summed E-state index contributed by atoms with van der Waals surface area (Å²) in [5, 5.41) is 0. The van der Waals surface area contributed by atoms with Gasteiger partial charge in [0.05, 0.1) is 6.61 Å². The highest BCUT2D eigenvalue weighted by Gasteiger charge is 2.24. The topological polar surface area (TPSA) is 55.8 Å². The Morgan fingerprint density at radius 2 is 2.29 bits per heavy atom. The van der Waals surface area contributed by atoms with Crippen LogP contribution in [0.4, 0.5) is 0 Å². The molecule has 0 radical (unpaired) electrons. The SMILES string of the molecule is CCOC(=O)C(C)N1C=COC(C2=C(Br)C=CC(=O)C2)=C1. The van der Waals surface area contributed by atoms with E-state index in [0.717, 1.165) is 10.1 Å². The first-order chi connectivity index (χ1) is 10.0. The van der Waals surface area contributed by atoms with Gasteiger partial charge in [-0.25, -0.2) is 4.79 Å². The fourth-order valence-corrected chi connectivity index (χ4v) is 2.41. The number of hydrogen-bond acceptors (Lipinski definition) is 5. The van der Waals surface area contributed by atoms with Gasteiger partial charge in [0.2, 0.25) is 0 Å². The van der Waals surface area contributed by atoms with E-state index in [9.17, 15) is 9.59 Å². The predicted octanol–water partition coefficient (Wildman–Crippen LogP) is 2.76. The first-order valence-electron chi connectivity index (χ1n) is 6.62. The molecule has 6 heteroatoms. The predicted molar refractivity (Wildman–Crippen MR) is 81.0 cm³/mol. The summed E-state index contributed by atoms with van der Waals surface area (Å²) in [5.41, 5.74) is 0.757. The van der Waals surface area contributed by atoms with Crippen molar-refractivity contribution < 1.29 is 19.1 Å². The van der Waals surface area contributed by atoms with E-state index in [1.54, 1.807) is 37.2 Å². The van der Waals surface area contributed by atoms with Crippen molar-refractivity contribution in [2.75, 3.05) is 6.61 Å². The Hall–Kier alpha value is -1.82. The summed E-state index contributed by atoms with van der Waals surface area (Å²) in [6.45, 7) is 3.85. The summed E-state index contributed by atoms with van der Waals surface area (Å²) in [6.07, 6.45) is 8.32. The molecule has 0 saturated heterocycles. The van der Waals surface area contributed by atoms with Crippen LogP contribution >= 0.6 is 15.9 Å². The quantitative estimate of drug-likeness (QED) is 0.727. The molecule has 112 valence electrons. The fourth-order valence-electron chi connectivity index (χ4n) is 1.95. The molecule has 21 heavy (non-hydrogen) atoms. The number of carbonyl (C=O) groups excluding carboxylic acids is 2. The van der Waals surface area contributed by atoms with Gasteiger partial charge in [-0.1, -0.05) is 15.9 Å². The number of allylic oxidation sites excluding steroid dienone is 4. The molecule has 1 aliphatic carbocycles. The highest BCUT2D eigenvalue weighted by molar-refractivity contribution is 9.11. The van der Waals surface area contributed by atoms with E-state index < -0.39 is 6.04 Å². The summed E-state index contributed by atoms with van der Waals surface area (Å²) < 4.78 is 11.3. The summed E-state index contributed by atoms with van der Waals surface area (Å²) in [7, 11) is 0. The lowest BCUT2D eigenvalue weighted by atomic mass is 10.0. The van der Waals surface area contributed by atoms with E-state index in [1.165, 1.54) is 12.3 Å². The van der Waals surface area contributed by atoms with Gasteiger partial charge >= 0.3 is 5.97 Å². The molecule has 0 aromatic heterocycles. The van der Waals surface area contributed by atoms with Gasteiger partial charge in [0.25, 0.3) is 0 Å². The van der Waals surface area contributed by atoms with Crippen molar-refractivity contribution in [1.82, 2.24) is 4.90 Å². The van der Waals surface area contributed by atoms with Crippen molar-refractivity contribution in [1.29, 1.82) is 0 Å². The van der Waals surface area contributed by atoms with Crippen LogP contribution in [0.3, 0.4) is 0 Å². The van der Waals surface area contributed by atoms with Crippen molar-refractivity contribution in [3.05, 3.63) is 46.6 Å². The number of carbonyl (C=O) groups is 2. The van der Waals surface area contributed by atoms with Crippen molar-refractivity contribution in [2.45, 2.75) is 26.3 Å². The van der Waals surface area contributed by atoms with Gasteiger partial charge in [-0.2, -0.15) is 0 Å². The number of hydrogen-bond donors (Lipinski definition) is 0. The minimum Gasteiger partial charge on any atom is -0.464 e. The Kier molecular flexibility index (Phi) is 5.01. The molecule has 0 spiro atoms. The second-order valence-electron chi connectivity index (χ2n) is 4.57. The Morgan fingerprint density at radius 3 is 3.00 bits per heavy atom. The third-order valence-electron chi connectivity index (χ3n) is 3.12. The molecule has 1 aliphatic heterocycles. The first-order valence-corrected chi connectivity index (χ1v) is 7.41. The van der Waals surface area contributed by atoms with Crippen LogP contribution in [0.15, 0.2) is 46.6 Å². The van der Waals surface area contributed by atoms with Gasteiger partial charge in [-0.05, 0) is 26.0 Å². The summed E-state index contributed by atoms with van der Waals surface area (Å²) in [5.74, 6) is 0.239. The van der Waals surface area contributed by atoms with Crippen LogP contribution in [0.1, 0.15) is 20.3 Å². The van der Waals surface area contributed by atoms with Crippen molar-refractivity contribution in [3.8, 4) is 0 Å². The lowest BCUT2D eigenvalue weighted by Crippen LogP contribution is -2.34. The third-order valence-corrected chi connectivity index (χ3v) is 3.86. The summed E-state index contributed by atoms with van der Waals surface area (Å²) in [6, 6.07) is -0.464.